The highest BCUT2D eigenvalue weighted by Gasteiger charge is 2.26. The van der Waals surface area contributed by atoms with E-state index in [1.807, 2.05) is 19.2 Å². The van der Waals surface area contributed by atoms with Crippen molar-refractivity contribution in [3.8, 4) is 0 Å². The molecule has 2 rings (SSSR count). The molecule has 0 saturated carbocycles. The van der Waals surface area contributed by atoms with Crippen LogP contribution >= 0.6 is 11.3 Å². The summed E-state index contributed by atoms with van der Waals surface area (Å²) in [6.45, 7) is 6.81. The molecule has 0 aliphatic rings. The summed E-state index contributed by atoms with van der Waals surface area (Å²) in [5.74, 6) is 0.591. The second-order valence-electron chi connectivity index (χ2n) is 5.27. The molecule has 0 atom stereocenters. The summed E-state index contributed by atoms with van der Waals surface area (Å²) < 4.78 is 0. The first-order chi connectivity index (χ1) is 10.0. The Labute approximate surface area is 128 Å². The van der Waals surface area contributed by atoms with Gasteiger partial charge in [-0.15, -0.1) is 11.3 Å². The maximum atomic E-state index is 12.4. The second-order valence-corrected chi connectivity index (χ2v) is 6.17. The molecule has 0 aromatic carbocycles. The lowest BCUT2D eigenvalue weighted by Gasteiger charge is -2.23. The zero-order valence-corrected chi connectivity index (χ0v) is 13.3. The molecule has 112 valence electrons. The van der Waals surface area contributed by atoms with Crippen molar-refractivity contribution in [3.63, 3.8) is 0 Å². The molecule has 0 aliphatic heterocycles. The Bertz CT molecular complexity index is 595. The number of carbonyl (C=O) groups excluding carboxylic acids is 1. The highest BCUT2D eigenvalue weighted by atomic mass is 32.1. The van der Waals surface area contributed by atoms with Crippen molar-refractivity contribution >= 4 is 23.1 Å². The number of rotatable bonds is 6. The molecule has 0 bridgehead atoms. The summed E-state index contributed by atoms with van der Waals surface area (Å²) in [7, 11) is 0. The van der Waals surface area contributed by atoms with Crippen LogP contribution in [0.2, 0.25) is 0 Å². The van der Waals surface area contributed by atoms with Crippen molar-refractivity contribution in [1.29, 1.82) is 0 Å². The Morgan fingerprint density at radius 2 is 2.14 bits per heavy atom. The van der Waals surface area contributed by atoms with Gasteiger partial charge in [0.2, 0.25) is 0 Å². The Morgan fingerprint density at radius 3 is 2.81 bits per heavy atom. The second kappa shape index (κ2) is 6.67. The number of aromatic nitrogens is 2. The monoisotopic (exact) mass is 304 g/mol. The fourth-order valence-electron chi connectivity index (χ4n) is 1.86. The number of hydrogen-bond acceptors (Lipinski definition) is 5. The van der Waals surface area contributed by atoms with E-state index in [9.17, 15) is 4.79 Å². The van der Waals surface area contributed by atoms with Crippen molar-refractivity contribution in [2.24, 2.45) is 0 Å². The quantitative estimate of drug-likeness (QED) is 0.861. The van der Waals surface area contributed by atoms with Crippen LogP contribution in [0.1, 0.15) is 42.6 Å². The van der Waals surface area contributed by atoms with E-state index >= 15 is 0 Å². The van der Waals surface area contributed by atoms with Gasteiger partial charge in [-0.25, -0.2) is 9.97 Å². The standard InChI is InChI=1S/C15H20N4OS/c1-4-6-16-12-10-11(5-7-17-12)13(20)19-15(2,3)14-18-8-9-21-14/h5,7-10H,4,6H2,1-3H3,(H,16,17)(H,19,20). The molecule has 0 radical (unpaired) electrons. The Hall–Kier alpha value is -1.95. The predicted octanol–water partition coefficient (Wildman–Crippen LogP) is 3.03. The van der Waals surface area contributed by atoms with Crippen LogP contribution in [0.5, 0.6) is 0 Å². The van der Waals surface area contributed by atoms with Gasteiger partial charge in [-0.1, -0.05) is 6.92 Å². The van der Waals surface area contributed by atoms with E-state index < -0.39 is 5.54 Å². The molecule has 5 nitrogen and oxygen atoms in total. The van der Waals surface area contributed by atoms with Crippen LogP contribution in [0.25, 0.3) is 0 Å². The number of thiazole rings is 1. The van der Waals surface area contributed by atoms with Gasteiger partial charge in [0.05, 0.1) is 5.54 Å². The van der Waals surface area contributed by atoms with Crippen molar-refractivity contribution in [1.82, 2.24) is 15.3 Å². The first kappa shape index (κ1) is 15.4. The van der Waals surface area contributed by atoms with Crippen LogP contribution in [0, 0.1) is 0 Å². The lowest BCUT2D eigenvalue weighted by atomic mass is 10.1. The predicted molar refractivity (Wildman–Crippen MR) is 85.6 cm³/mol. The van der Waals surface area contributed by atoms with Crippen molar-refractivity contribution in [2.75, 3.05) is 11.9 Å². The van der Waals surface area contributed by atoms with Gasteiger partial charge in [-0.3, -0.25) is 4.79 Å². The largest absolute Gasteiger partial charge is 0.370 e. The minimum absolute atomic E-state index is 0.128. The molecular weight excluding hydrogens is 284 g/mol. The van der Waals surface area contributed by atoms with E-state index in [-0.39, 0.29) is 5.91 Å². The minimum atomic E-state index is -0.495. The maximum absolute atomic E-state index is 12.4. The van der Waals surface area contributed by atoms with Crippen LogP contribution in [-0.2, 0) is 5.54 Å². The average molecular weight is 304 g/mol. The molecule has 6 heteroatoms. The summed E-state index contributed by atoms with van der Waals surface area (Å²) in [6.07, 6.45) is 4.39. The van der Waals surface area contributed by atoms with Gasteiger partial charge in [-0.05, 0) is 32.4 Å². The molecular formula is C15H20N4OS. The van der Waals surface area contributed by atoms with Crippen LogP contribution in [-0.4, -0.2) is 22.4 Å². The van der Waals surface area contributed by atoms with E-state index in [0.717, 1.165) is 23.8 Å². The number of nitrogens with one attached hydrogen (secondary N) is 2. The van der Waals surface area contributed by atoms with Crippen LogP contribution < -0.4 is 10.6 Å². The van der Waals surface area contributed by atoms with Crippen LogP contribution in [0.4, 0.5) is 5.82 Å². The summed E-state index contributed by atoms with van der Waals surface area (Å²) >= 11 is 1.53. The van der Waals surface area contributed by atoms with Crippen molar-refractivity contribution in [2.45, 2.75) is 32.7 Å². The fraction of sp³-hybridized carbons (Fsp3) is 0.400. The van der Waals surface area contributed by atoms with Gasteiger partial charge >= 0.3 is 0 Å². The molecule has 0 unspecified atom stereocenters. The van der Waals surface area contributed by atoms with Gasteiger partial charge in [0.1, 0.15) is 10.8 Å². The van der Waals surface area contributed by atoms with E-state index in [1.165, 1.54) is 11.3 Å². The molecule has 0 saturated heterocycles. The zero-order chi connectivity index (χ0) is 15.3. The Morgan fingerprint density at radius 1 is 1.33 bits per heavy atom. The summed E-state index contributed by atoms with van der Waals surface area (Å²) in [5, 5.41) is 8.98. The van der Waals surface area contributed by atoms with Crippen molar-refractivity contribution < 1.29 is 4.79 Å². The van der Waals surface area contributed by atoms with Crippen LogP contribution in [0.3, 0.4) is 0 Å². The normalized spacial score (nSPS) is 11.2. The first-order valence-corrected chi connectivity index (χ1v) is 7.83. The zero-order valence-electron chi connectivity index (χ0n) is 12.5. The average Bonchev–Trinajstić information content (AvgIpc) is 3.00. The highest BCUT2D eigenvalue weighted by molar-refractivity contribution is 7.09. The smallest absolute Gasteiger partial charge is 0.252 e. The van der Waals surface area contributed by atoms with Gasteiger partial charge in [0.15, 0.2) is 0 Å². The van der Waals surface area contributed by atoms with E-state index in [0.29, 0.717) is 5.56 Å². The molecule has 2 heterocycles. The molecule has 21 heavy (non-hydrogen) atoms. The van der Waals surface area contributed by atoms with Crippen LogP contribution in [0.15, 0.2) is 29.9 Å². The van der Waals surface area contributed by atoms with Gasteiger partial charge in [0, 0.05) is 29.9 Å². The highest BCUT2D eigenvalue weighted by Crippen LogP contribution is 2.22. The summed E-state index contributed by atoms with van der Waals surface area (Å²) in [5.41, 5.74) is 0.0964. The summed E-state index contributed by atoms with van der Waals surface area (Å²) in [4.78, 5) is 20.9. The maximum Gasteiger partial charge on any atom is 0.252 e. The third-order valence-corrected chi connectivity index (χ3v) is 4.07. The first-order valence-electron chi connectivity index (χ1n) is 6.95. The minimum Gasteiger partial charge on any atom is -0.370 e. The SMILES string of the molecule is CCCNc1cc(C(=O)NC(C)(C)c2nccs2)ccn1. The van der Waals surface area contributed by atoms with Gasteiger partial charge in [0.25, 0.3) is 5.91 Å². The van der Waals surface area contributed by atoms with Gasteiger partial charge in [-0.2, -0.15) is 0 Å². The molecule has 0 fully saturated rings. The summed E-state index contributed by atoms with van der Waals surface area (Å²) in [6, 6.07) is 3.48. The molecule has 0 spiro atoms. The molecule has 2 aromatic rings. The lowest BCUT2D eigenvalue weighted by Crippen LogP contribution is -2.40. The topological polar surface area (TPSA) is 66.9 Å². The van der Waals surface area contributed by atoms with E-state index in [4.69, 9.17) is 0 Å². The molecule has 0 aliphatic carbocycles. The molecule has 2 aromatic heterocycles. The third kappa shape index (κ3) is 4.01. The lowest BCUT2D eigenvalue weighted by molar-refractivity contribution is 0.0912. The number of amides is 1. The van der Waals surface area contributed by atoms with E-state index in [2.05, 4.69) is 27.5 Å². The number of carbonyl (C=O) groups is 1. The Balaban J connectivity index is 2.09. The number of hydrogen-bond donors (Lipinski definition) is 2. The Kier molecular flexibility index (Phi) is 4.90. The number of anilines is 1. The number of nitrogens with zero attached hydrogens (tertiary/aromatic N) is 2. The van der Waals surface area contributed by atoms with E-state index in [1.54, 1.807) is 24.5 Å². The molecule has 1 amide bonds. The van der Waals surface area contributed by atoms with Gasteiger partial charge < -0.3 is 10.6 Å². The van der Waals surface area contributed by atoms with Crippen molar-refractivity contribution in [3.05, 3.63) is 40.5 Å². The molecule has 2 N–H and O–H groups in total. The number of pyridine rings is 1. The fourth-order valence-corrected chi connectivity index (χ4v) is 2.58. The third-order valence-electron chi connectivity index (χ3n) is 2.97.